The molecule has 0 saturated carbocycles. The average Bonchev–Trinajstić information content (AvgIpc) is 3.33. The minimum Gasteiger partial charge on any atom is -0.401 e. The number of fused-ring (bicyclic) bond motifs is 1. The van der Waals surface area contributed by atoms with E-state index in [2.05, 4.69) is 15.0 Å². The molecule has 0 saturated heterocycles. The molecule has 3 aromatic heterocycles. The molecule has 0 amide bonds. The Morgan fingerprint density at radius 2 is 2.00 bits per heavy atom. The maximum absolute atomic E-state index is 14.1. The third kappa shape index (κ3) is 5.24. The lowest BCUT2D eigenvalue weighted by molar-refractivity contribution is -0.402. The second-order valence-electron chi connectivity index (χ2n) is 7.21. The highest BCUT2D eigenvalue weighted by Gasteiger charge is 2.37. The first-order valence-corrected chi connectivity index (χ1v) is 12.3. The summed E-state index contributed by atoms with van der Waals surface area (Å²) in [6.07, 6.45) is 5.80. The Morgan fingerprint density at radius 3 is 2.72 bits per heavy atom. The van der Waals surface area contributed by atoms with Gasteiger partial charge >= 0.3 is 13.6 Å². The van der Waals surface area contributed by atoms with E-state index < -0.39 is 24.4 Å². The predicted octanol–water partition coefficient (Wildman–Crippen LogP) is 5.89. The molecule has 0 N–H and O–H groups in total. The van der Waals surface area contributed by atoms with Crippen LogP contribution in [0.25, 0.3) is 23.1 Å². The van der Waals surface area contributed by atoms with Crippen molar-refractivity contribution < 1.29 is 27.3 Å². The highest BCUT2D eigenvalue weighted by Crippen LogP contribution is 2.54. The Balaban J connectivity index is 1.72. The number of halogens is 1. The van der Waals surface area contributed by atoms with Crippen molar-refractivity contribution in [2.45, 2.75) is 13.8 Å². The molecule has 0 aliphatic heterocycles. The number of rotatable bonds is 10. The van der Waals surface area contributed by atoms with Gasteiger partial charge in [-0.1, -0.05) is 0 Å². The van der Waals surface area contributed by atoms with E-state index in [4.69, 9.17) is 13.5 Å². The van der Waals surface area contributed by atoms with E-state index in [0.29, 0.717) is 16.8 Å². The number of anilines is 1. The highest BCUT2D eigenvalue weighted by atomic mass is 31.2. The summed E-state index contributed by atoms with van der Waals surface area (Å²) in [6, 6.07) is 9.92. The molecule has 186 valence electrons. The summed E-state index contributed by atoms with van der Waals surface area (Å²) in [5.41, 5.74) is 1.08. The predicted molar refractivity (Wildman–Crippen MR) is 131 cm³/mol. The van der Waals surface area contributed by atoms with Crippen molar-refractivity contribution >= 4 is 42.4 Å². The number of benzene rings is 1. The van der Waals surface area contributed by atoms with Crippen LogP contribution in [-0.4, -0.2) is 33.0 Å². The van der Waals surface area contributed by atoms with Crippen LogP contribution < -0.4 is 9.19 Å². The van der Waals surface area contributed by atoms with E-state index >= 15 is 0 Å². The van der Waals surface area contributed by atoms with E-state index in [1.807, 2.05) is 0 Å². The Labute approximate surface area is 205 Å². The monoisotopic (exact) mass is 513 g/mol. The number of aromatic nitrogens is 3. The van der Waals surface area contributed by atoms with Gasteiger partial charge in [0, 0.05) is 18.8 Å². The zero-order chi connectivity index (χ0) is 25.7. The summed E-state index contributed by atoms with van der Waals surface area (Å²) in [7, 11) is -4.06. The van der Waals surface area contributed by atoms with Crippen LogP contribution in [-0.2, 0) is 9.09 Å². The molecule has 0 radical (unpaired) electrons. The summed E-state index contributed by atoms with van der Waals surface area (Å²) in [5.74, 6) is -0.661. The summed E-state index contributed by atoms with van der Waals surface area (Å²) in [5, 5.41) is 11.2. The number of pyridine rings is 1. The van der Waals surface area contributed by atoms with Gasteiger partial charge < -0.3 is 8.94 Å². The molecule has 0 fully saturated rings. The molecule has 0 spiro atoms. The first kappa shape index (κ1) is 25.0. The molecule has 13 heteroatoms. The van der Waals surface area contributed by atoms with Crippen LogP contribution in [0, 0.1) is 15.9 Å². The van der Waals surface area contributed by atoms with Gasteiger partial charge in [-0.2, -0.15) is 0 Å². The molecule has 4 rings (SSSR count). The Morgan fingerprint density at radius 1 is 1.17 bits per heavy atom. The number of hydrogen-bond acceptors (Lipinski definition) is 9. The van der Waals surface area contributed by atoms with Crippen molar-refractivity contribution in [1.82, 2.24) is 15.0 Å². The first-order valence-electron chi connectivity index (χ1n) is 10.8. The molecule has 1 aromatic carbocycles. The lowest BCUT2D eigenvalue weighted by Gasteiger charge is -2.31. The van der Waals surface area contributed by atoms with E-state index in [1.54, 1.807) is 38.3 Å². The van der Waals surface area contributed by atoms with Crippen LogP contribution in [0.2, 0.25) is 0 Å². The lowest BCUT2D eigenvalue weighted by Crippen LogP contribution is -2.25. The molecular formula is C23H21FN5O6P. The Kier molecular flexibility index (Phi) is 7.37. The minimum absolute atomic E-state index is 0.0286. The number of nitrogens with zero attached hydrogens (tertiary/aromatic N) is 5. The van der Waals surface area contributed by atoms with Crippen molar-refractivity contribution in [3.05, 3.63) is 82.4 Å². The zero-order valence-electron chi connectivity index (χ0n) is 19.3. The summed E-state index contributed by atoms with van der Waals surface area (Å²) >= 11 is 0. The Hall–Kier alpha value is -4.15. The molecule has 1 unspecified atom stereocenters. The average molecular weight is 513 g/mol. The van der Waals surface area contributed by atoms with Gasteiger partial charge in [0.15, 0.2) is 0 Å². The van der Waals surface area contributed by atoms with Crippen LogP contribution in [0.4, 0.5) is 16.0 Å². The quantitative estimate of drug-likeness (QED) is 0.144. The molecule has 4 aromatic rings. The van der Waals surface area contributed by atoms with Crippen LogP contribution in [0.3, 0.4) is 0 Å². The van der Waals surface area contributed by atoms with Crippen molar-refractivity contribution in [3.63, 3.8) is 0 Å². The smallest absolute Gasteiger partial charge is 0.401 e. The number of hydrogen-bond donors (Lipinski definition) is 0. The molecular weight excluding hydrogens is 492 g/mol. The van der Waals surface area contributed by atoms with Crippen molar-refractivity contribution in [1.29, 1.82) is 0 Å². The van der Waals surface area contributed by atoms with Crippen LogP contribution in [0.15, 0.2) is 59.4 Å². The topological polar surface area (TPSA) is 134 Å². The molecule has 0 aliphatic carbocycles. The molecule has 0 bridgehead atoms. The highest BCUT2D eigenvalue weighted by molar-refractivity contribution is 7.56. The normalized spacial score (nSPS) is 13.1. The third-order valence-electron chi connectivity index (χ3n) is 4.94. The maximum Gasteiger partial charge on any atom is 0.490 e. The van der Waals surface area contributed by atoms with Gasteiger partial charge in [0.2, 0.25) is 5.88 Å². The van der Waals surface area contributed by atoms with E-state index in [1.165, 1.54) is 47.4 Å². The maximum atomic E-state index is 14.1. The first-order chi connectivity index (χ1) is 17.3. The SMILES string of the molecule is CCOP(=O)(Oc1ncnc2cc(F)ccc12)N(CC)c1cccnc1C=Cc1ccc([N+](=O)[O-])o1. The zero-order valence-corrected chi connectivity index (χ0v) is 20.2. The van der Waals surface area contributed by atoms with Crippen molar-refractivity contribution in [2.24, 2.45) is 0 Å². The number of furan rings is 1. The lowest BCUT2D eigenvalue weighted by atomic mass is 10.2. The van der Waals surface area contributed by atoms with E-state index in [-0.39, 0.29) is 30.3 Å². The number of nitro groups is 1. The largest absolute Gasteiger partial charge is 0.490 e. The van der Waals surface area contributed by atoms with Crippen LogP contribution >= 0.6 is 7.75 Å². The Bertz CT molecular complexity index is 1480. The fraction of sp³-hybridized carbons (Fsp3) is 0.174. The molecule has 0 aliphatic rings. The molecule has 1 atom stereocenters. The summed E-state index contributed by atoms with van der Waals surface area (Å²) in [6.45, 7) is 3.70. The van der Waals surface area contributed by atoms with Gasteiger partial charge in [-0.3, -0.25) is 24.3 Å². The summed E-state index contributed by atoms with van der Waals surface area (Å²) < 4.78 is 45.9. The second-order valence-corrected chi connectivity index (χ2v) is 9.07. The minimum atomic E-state index is -4.06. The second kappa shape index (κ2) is 10.6. The fourth-order valence-electron chi connectivity index (χ4n) is 3.42. The van der Waals surface area contributed by atoms with Gasteiger partial charge in [0.05, 0.1) is 35.0 Å². The van der Waals surface area contributed by atoms with Crippen molar-refractivity contribution in [3.8, 4) is 5.88 Å². The summed E-state index contributed by atoms with van der Waals surface area (Å²) in [4.78, 5) is 22.7. The van der Waals surface area contributed by atoms with Crippen LogP contribution in [0.5, 0.6) is 5.88 Å². The van der Waals surface area contributed by atoms with Gasteiger partial charge in [-0.25, -0.2) is 18.9 Å². The molecule has 36 heavy (non-hydrogen) atoms. The van der Waals surface area contributed by atoms with E-state index in [9.17, 15) is 19.1 Å². The molecule has 3 heterocycles. The van der Waals surface area contributed by atoms with Gasteiger partial charge in [0.1, 0.15) is 22.8 Å². The van der Waals surface area contributed by atoms with Gasteiger partial charge in [-0.05, 0) is 56.3 Å². The van der Waals surface area contributed by atoms with Gasteiger partial charge in [0.25, 0.3) is 0 Å². The third-order valence-corrected chi connectivity index (χ3v) is 7.02. The van der Waals surface area contributed by atoms with E-state index in [0.717, 1.165) is 0 Å². The van der Waals surface area contributed by atoms with Crippen LogP contribution in [0.1, 0.15) is 25.3 Å². The van der Waals surface area contributed by atoms with Gasteiger partial charge in [-0.15, -0.1) is 0 Å². The molecule has 11 nitrogen and oxygen atoms in total. The van der Waals surface area contributed by atoms with Crippen molar-refractivity contribution in [2.75, 3.05) is 17.8 Å². The standard InChI is InChI=1S/C23H21FN5O6P/c1-3-28(21-6-5-13-25-19(21)11-8-17-9-12-22(34-17)29(30)31)36(32,33-4-2)35-23-18-10-7-16(24)14-20(18)26-15-27-23/h5-15H,3-4H2,1-2H3. The fourth-order valence-corrected chi connectivity index (χ4v) is 5.18.